The molecular weight excluding hydrogens is 370 g/mol. The van der Waals surface area contributed by atoms with Gasteiger partial charge in [0.2, 0.25) is 0 Å². The van der Waals surface area contributed by atoms with Crippen LogP contribution >= 0.6 is 27.3 Å². The standard InChI is InChI=1S/C15H14BrNO4S/c1-20-15(19)12-8-4-2-3-5-10(8)22-14(12)17-13(18)9-6-7-11(16)21-9/h6-7H,2-5H2,1H3,(H,17,18). The molecule has 0 saturated carbocycles. The topological polar surface area (TPSA) is 68.5 Å². The molecule has 2 aromatic heterocycles. The number of fused-ring (bicyclic) bond motifs is 1. The van der Waals surface area contributed by atoms with E-state index in [1.165, 1.54) is 18.4 Å². The van der Waals surface area contributed by atoms with Gasteiger partial charge in [-0.2, -0.15) is 0 Å². The Morgan fingerprint density at radius 1 is 1.32 bits per heavy atom. The first kappa shape index (κ1) is 15.3. The molecule has 1 aliphatic rings. The van der Waals surface area contributed by atoms with Crippen molar-refractivity contribution < 1.29 is 18.7 Å². The van der Waals surface area contributed by atoms with Crippen LogP contribution in [0.25, 0.3) is 0 Å². The maximum Gasteiger partial charge on any atom is 0.341 e. The number of ether oxygens (including phenoxy) is 1. The third-order valence-electron chi connectivity index (χ3n) is 3.58. The smallest absolute Gasteiger partial charge is 0.341 e. The average Bonchev–Trinajstić information content (AvgIpc) is 3.09. The van der Waals surface area contributed by atoms with Crippen LogP contribution in [0.3, 0.4) is 0 Å². The molecule has 2 heterocycles. The number of aryl methyl sites for hydroxylation is 1. The number of thiophene rings is 1. The van der Waals surface area contributed by atoms with Gasteiger partial charge in [0.05, 0.1) is 12.7 Å². The lowest BCUT2D eigenvalue weighted by Crippen LogP contribution is -2.14. The highest BCUT2D eigenvalue weighted by Gasteiger charge is 2.27. The van der Waals surface area contributed by atoms with Crippen molar-refractivity contribution in [3.8, 4) is 0 Å². The number of methoxy groups -OCH3 is 1. The fourth-order valence-corrected chi connectivity index (χ4v) is 4.15. The minimum Gasteiger partial charge on any atom is -0.465 e. The van der Waals surface area contributed by atoms with E-state index in [9.17, 15) is 9.59 Å². The Hall–Kier alpha value is -1.60. The first-order valence-corrected chi connectivity index (χ1v) is 8.50. The van der Waals surface area contributed by atoms with E-state index in [4.69, 9.17) is 9.15 Å². The number of furan rings is 1. The molecule has 0 spiro atoms. The number of amides is 1. The molecule has 0 atom stereocenters. The molecule has 22 heavy (non-hydrogen) atoms. The predicted molar refractivity (Wildman–Crippen MR) is 86.7 cm³/mol. The summed E-state index contributed by atoms with van der Waals surface area (Å²) in [7, 11) is 1.35. The molecule has 1 N–H and O–H groups in total. The average molecular weight is 384 g/mol. The van der Waals surface area contributed by atoms with Crippen LogP contribution in [-0.2, 0) is 17.6 Å². The van der Waals surface area contributed by atoms with E-state index in [2.05, 4.69) is 21.2 Å². The van der Waals surface area contributed by atoms with Gasteiger partial charge in [0.1, 0.15) is 5.00 Å². The van der Waals surface area contributed by atoms with Crippen molar-refractivity contribution in [1.82, 2.24) is 0 Å². The molecule has 2 aromatic rings. The van der Waals surface area contributed by atoms with Crippen LogP contribution in [0, 0.1) is 0 Å². The van der Waals surface area contributed by atoms with Crippen LogP contribution in [0.2, 0.25) is 0 Å². The lowest BCUT2D eigenvalue weighted by Gasteiger charge is -2.11. The summed E-state index contributed by atoms with van der Waals surface area (Å²) in [4.78, 5) is 25.5. The van der Waals surface area contributed by atoms with Crippen molar-refractivity contribution in [3.63, 3.8) is 0 Å². The third kappa shape index (κ3) is 2.83. The Morgan fingerprint density at radius 3 is 2.77 bits per heavy atom. The van der Waals surface area contributed by atoms with Gasteiger partial charge in [-0.15, -0.1) is 11.3 Å². The summed E-state index contributed by atoms with van der Waals surface area (Å²) in [5.41, 5.74) is 1.50. The molecule has 5 nitrogen and oxygen atoms in total. The van der Waals surface area contributed by atoms with Crippen molar-refractivity contribution in [3.05, 3.63) is 38.6 Å². The van der Waals surface area contributed by atoms with Gasteiger partial charge in [0, 0.05) is 4.88 Å². The second kappa shape index (κ2) is 6.26. The largest absolute Gasteiger partial charge is 0.465 e. The molecule has 116 valence electrons. The SMILES string of the molecule is COC(=O)c1c(NC(=O)c2ccc(Br)o2)sc2c1CCCC2. The summed E-state index contributed by atoms with van der Waals surface area (Å²) in [5, 5.41) is 3.31. The molecule has 7 heteroatoms. The zero-order valence-electron chi connectivity index (χ0n) is 11.9. The molecule has 0 saturated heterocycles. The number of anilines is 1. The predicted octanol–water partition coefficient (Wildman–Crippen LogP) is 4.02. The van der Waals surface area contributed by atoms with Crippen LogP contribution in [0.1, 0.15) is 44.2 Å². The number of carbonyl (C=O) groups is 2. The van der Waals surface area contributed by atoms with E-state index in [1.54, 1.807) is 12.1 Å². The highest BCUT2D eigenvalue weighted by atomic mass is 79.9. The lowest BCUT2D eigenvalue weighted by molar-refractivity contribution is 0.0601. The van der Waals surface area contributed by atoms with E-state index in [0.717, 1.165) is 36.1 Å². The summed E-state index contributed by atoms with van der Waals surface area (Å²) in [6.45, 7) is 0. The van der Waals surface area contributed by atoms with E-state index in [0.29, 0.717) is 15.2 Å². The van der Waals surface area contributed by atoms with Crippen LogP contribution in [0.4, 0.5) is 5.00 Å². The van der Waals surface area contributed by atoms with Crippen LogP contribution in [0.15, 0.2) is 21.2 Å². The molecule has 3 rings (SSSR count). The van der Waals surface area contributed by atoms with Crippen molar-refractivity contribution in [1.29, 1.82) is 0 Å². The van der Waals surface area contributed by atoms with Crippen LogP contribution in [0.5, 0.6) is 0 Å². The van der Waals surface area contributed by atoms with Crippen molar-refractivity contribution in [2.24, 2.45) is 0 Å². The summed E-state index contributed by atoms with van der Waals surface area (Å²) in [6.07, 6.45) is 3.93. The third-order valence-corrected chi connectivity index (χ3v) is 5.22. The van der Waals surface area contributed by atoms with Gasteiger partial charge >= 0.3 is 5.97 Å². The molecule has 0 aliphatic heterocycles. The number of hydrogen-bond donors (Lipinski definition) is 1. The van der Waals surface area contributed by atoms with E-state index in [-0.39, 0.29) is 11.7 Å². The summed E-state index contributed by atoms with van der Waals surface area (Å²) < 4.78 is 10.6. The molecule has 1 aliphatic carbocycles. The monoisotopic (exact) mass is 383 g/mol. The van der Waals surface area contributed by atoms with E-state index < -0.39 is 5.97 Å². The van der Waals surface area contributed by atoms with Crippen LogP contribution in [-0.4, -0.2) is 19.0 Å². The van der Waals surface area contributed by atoms with Gasteiger partial charge in [-0.05, 0) is 59.3 Å². The number of hydrogen-bond acceptors (Lipinski definition) is 5. The second-order valence-corrected chi connectivity index (χ2v) is 6.85. The molecule has 0 bridgehead atoms. The zero-order chi connectivity index (χ0) is 15.7. The molecule has 0 aromatic carbocycles. The number of esters is 1. The van der Waals surface area contributed by atoms with Crippen LogP contribution < -0.4 is 5.32 Å². The minimum atomic E-state index is -0.407. The number of nitrogens with one attached hydrogen (secondary N) is 1. The van der Waals surface area contributed by atoms with E-state index >= 15 is 0 Å². The van der Waals surface area contributed by atoms with Crippen molar-refractivity contribution in [2.45, 2.75) is 25.7 Å². The van der Waals surface area contributed by atoms with Crippen molar-refractivity contribution in [2.75, 3.05) is 12.4 Å². The number of rotatable bonds is 3. The molecule has 0 unspecified atom stereocenters. The Labute approximate surface area is 139 Å². The summed E-state index contributed by atoms with van der Waals surface area (Å²) in [6, 6.07) is 3.22. The van der Waals surface area contributed by atoms with Gasteiger partial charge < -0.3 is 14.5 Å². The Morgan fingerprint density at radius 2 is 2.09 bits per heavy atom. The fraction of sp³-hybridized carbons (Fsp3) is 0.333. The van der Waals surface area contributed by atoms with Gasteiger partial charge in [0.15, 0.2) is 10.4 Å². The first-order chi connectivity index (χ1) is 10.6. The highest BCUT2D eigenvalue weighted by molar-refractivity contribution is 9.10. The zero-order valence-corrected chi connectivity index (χ0v) is 14.3. The van der Waals surface area contributed by atoms with Crippen molar-refractivity contribution >= 4 is 44.1 Å². The maximum absolute atomic E-state index is 12.2. The number of carbonyl (C=O) groups excluding carboxylic acids is 2. The van der Waals surface area contributed by atoms with E-state index in [1.807, 2.05) is 0 Å². The second-order valence-electron chi connectivity index (χ2n) is 4.96. The molecule has 1 amide bonds. The molecule has 0 fully saturated rings. The summed E-state index contributed by atoms with van der Waals surface area (Å²) in [5.74, 6) is -0.598. The Kier molecular flexibility index (Phi) is 4.35. The fourth-order valence-electron chi connectivity index (χ4n) is 2.57. The van der Waals surface area contributed by atoms with Gasteiger partial charge in [-0.3, -0.25) is 4.79 Å². The minimum absolute atomic E-state index is 0.189. The van der Waals surface area contributed by atoms with Gasteiger partial charge in [-0.1, -0.05) is 0 Å². The first-order valence-electron chi connectivity index (χ1n) is 6.89. The number of halogens is 1. The normalized spacial score (nSPS) is 13.5. The highest BCUT2D eigenvalue weighted by Crippen LogP contribution is 2.38. The Balaban J connectivity index is 1.94. The molecular formula is C15H14BrNO4S. The summed E-state index contributed by atoms with van der Waals surface area (Å²) >= 11 is 4.61. The Bertz CT molecular complexity index is 734. The molecule has 0 radical (unpaired) electrons. The van der Waals surface area contributed by atoms with Gasteiger partial charge in [-0.25, -0.2) is 4.79 Å². The lowest BCUT2D eigenvalue weighted by atomic mass is 9.95. The van der Waals surface area contributed by atoms with Gasteiger partial charge in [0.25, 0.3) is 5.91 Å². The quantitative estimate of drug-likeness (QED) is 0.812. The maximum atomic E-state index is 12.2.